The Balaban J connectivity index is 0.000000599. The summed E-state index contributed by atoms with van der Waals surface area (Å²) in [7, 11) is 1.70. The molecule has 0 spiro atoms. The van der Waals surface area contributed by atoms with Gasteiger partial charge < -0.3 is 24.6 Å². The van der Waals surface area contributed by atoms with Gasteiger partial charge in [-0.1, -0.05) is 66.7 Å². The largest absolute Gasteiger partial charge is 0.493 e. The van der Waals surface area contributed by atoms with Crippen molar-refractivity contribution >= 4 is 11.9 Å². The van der Waals surface area contributed by atoms with Gasteiger partial charge in [0.05, 0.1) is 7.11 Å². The summed E-state index contributed by atoms with van der Waals surface area (Å²) < 4.78 is 11.6. The number of hydrogen-bond acceptors (Lipinski definition) is 6. The number of rotatable bonds is 10. The first-order chi connectivity index (χ1) is 18.4. The fraction of sp³-hybridized carbons (Fsp3) is 0.333. The predicted octanol–water partition coefficient (Wildman–Crippen LogP) is 4.18. The molecule has 3 aromatic rings. The van der Waals surface area contributed by atoms with Crippen LogP contribution in [0.4, 0.5) is 0 Å². The zero-order chi connectivity index (χ0) is 27.2. The Kier molecular flexibility index (Phi) is 11.6. The van der Waals surface area contributed by atoms with Crippen LogP contribution in [0.2, 0.25) is 0 Å². The van der Waals surface area contributed by atoms with Gasteiger partial charge in [0.2, 0.25) is 0 Å². The molecular formula is C30H36N2O6. The lowest BCUT2D eigenvalue weighted by Gasteiger charge is -2.34. The molecule has 0 radical (unpaired) electrons. The van der Waals surface area contributed by atoms with Gasteiger partial charge in [0.25, 0.3) is 0 Å². The number of carbonyl (C=O) groups is 2. The normalized spacial score (nSPS) is 13.7. The zero-order valence-electron chi connectivity index (χ0n) is 21.8. The van der Waals surface area contributed by atoms with E-state index < -0.39 is 11.9 Å². The molecule has 1 heterocycles. The number of hydrogen-bond donors (Lipinski definition) is 2. The molecule has 0 aliphatic carbocycles. The van der Waals surface area contributed by atoms with Crippen molar-refractivity contribution in [2.75, 3.05) is 39.8 Å². The number of carboxylic acids is 2. The molecule has 1 fully saturated rings. The third kappa shape index (κ3) is 9.88. The van der Waals surface area contributed by atoms with Gasteiger partial charge in [-0.05, 0) is 48.2 Å². The second-order valence-electron chi connectivity index (χ2n) is 9.08. The molecule has 0 bridgehead atoms. The maximum Gasteiger partial charge on any atom is 0.414 e. The molecule has 1 saturated heterocycles. The molecule has 3 aromatic carbocycles. The van der Waals surface area contributed by atoms with Crippen molar-refractivity contribution in [2.45, 2.75) is 26.0 Å². The van der Waals surface area contributed by atoms with Crippen LogP contribution >= 0.6 is 0 Å². The number of benzene rings is 3. The molecule has 8 nitrogen and oxygen atoms in total. The molecule has 202 valence electrons. The van der Waals surface area contributed by atoms with E-state index >= 15 is 0 Å². The average molecular weight is 521 g/mol. The number of nitrogens with zero attached hydrogens (tertiary/aromatic N) is 2. The molecule has 0 saturated carbocycles. The van der Waals surface area contributed by atoms with Gasteiger partial charge in [0.1, 0.15) is 6.61 Å². The van der Waals surface area contributed by atoms with Gasteiger partial charge in [0, 0.05) is 32.7 Å². The molecule has 1 aliphatic rings. The number of methoxy groups -OCH3 is 1. The first-order valence-corrected chi connectivity index (χ1v) is 12.7. The number of carboxylic acid groups (broad SMARTS) is 2. The molecule has 1 aliphatic heterocycles. The summed E-state index contributed by atoms with van der Waals surface area (Å²) in [6.07, 6.45) is 2.39. The van der Waals surface area contributed by atoms with Crippen LogP contribution < -0.4 is 9.47 Å². The molecule has 8 heteroatoms. The van der Waals surface area contributed by atoms with Crippen molar-refractivity contribution in [2.24, 2.45) is 0 Å². The molecule has 0 aromatic heterocycles. The highest BCUT2D eigenvalue weighted by atomic mass is 16.5. The molecule has 4 rings (SSSR count). The molecule has 0 atom stereocenters. The highest BCUT2D eigenvalue weighted by molar-refractivity contribution is 6.27. The Morgan fingerprint density at radius 3 is 1.89 bits per heavy atom. The Morgan fingerprint density at radius 2 is 1.32 bits per heavy atom. The van der Waals surface area contributed by atoms with Crippen molar-refractivity contribution in [3.63, 3.8) is 0 Å². The number of ether oxygens (including phenoxy) is 2. The zero-order valence-corrected chi connectivity index (χ0v) is 21.8. The fourth-order valence-corrected chi connectivity index (χ4v) is 4.25. The maximum atomic E-state index is 9.10. The van der Waals surface area contributed by atoms with Gasteiger partial charge >= 0.3 is 11.9 Å². The van der Waals surface area contributed by atoms with E-state index in [2.05, 4.69) is 64.4 Å². The van der Waals surface area contributed by atoms with E-state index in [0.717, 1.165) is 49.8 Å². The predicted molar refractivity (Wildman–Crippen MR) is 146 cm³/mol. The van der Waals surface area contributed by atoms with Gasteiger partial charge in [-0.3, -0.25) is 4.90 Å². The second kappa shape index (κ2) is 15.4. The smallest absolute Gasteiger partial charge is 0.414 e. The fourth-order valence-electron chi connectivity index (χ4n) is 4.25. The summed E-state index contributed by atoms with van der Waals surface area (Å²) in [6.45, 7) is 7.17. The van der Waals surface area contributed by atoms with Crippen LogP contribution in [0, 0.1) is 0 Å². The Morgan fingerprint density at radius 1 is 0.737 bits per heavy atom. The van der Waals surface area contributed by atoms with E-state index in [1.54, 1.807) is 7.11 Å². The quantitative estimate of drug-likeness (QED) is 0.384. The van der Waals surface area contributed by atoms with E-state index in [9.17, 15) is 0 Å². The van der Waals surface area contributed by atoms with Crippen LogP contribution in [-0.4, -0.2) is 71.8 Å². The Bertz CT molecular complexity index is 1120. The summed E-state index contributed by atoms with van der Waals surface area (Å²) in [5.41, 5.74) is 3.87. The highest BCUT2D eigenvalue weighted by Crippen LogP contribution is 2.29. The first-order valence-electron chi connectivity index (χ1n) is 12.7. The van der Waals surface area contributed by atoms with E-state index in [-0.39, 0.29) is 0 Å². The summed E-state index contributed by atoms with van der Waals surface area (Å²) in [6, 6.07) is 27.4. The van der Waals surface area contributed by atoms with Crippen molar-refractivity contribution in [1.82, 2.24) is 9.80 Å². The van der Waals surface area contributed by atoms with Crippen LogP contribution in [0.15, 0.2) is 78.9 Å². The lowest BCUT2D eigenvalue weighted by atomic mass is 10.1. The molecule has 38 heavy (non-hydrogen) atoms. The Labute approximate surface area is 224 Å². The van der Waals surface area contributed by atoms with Crippen molar-refractivity contribution < 1.29 is 29.3 Å². The highest BCUT2D eigenvalue weighted by Gasteiger charge is 2.17. The number of aryl methyl sites for hydroxylation is 1. The minimum Gasteiger partial charge on any atom is -0.493 e. The van der Waals surface area contributed by atoms with Gasteiger partial charge in [0.15, 0.2) is 11.5 Å². The minimum atomic E-state index is -1.82. The number of aliphatic carboxylic acids is 2. The van der Waals surface area contributed by atoms with Gasteiger partial charge in [-0.2, -0.15) is 0 Å². The summed E-state index contributed by atoms with van der Waals surface area (Å²) in [5, 5.41) is 14.8. The van der Waals surface area contributed by atoms with Crippen LogP contribution in [0.3, 0.4) is 0 Å². The third-order valence-electron chi connectivity index (χ3n) is 6.30. The molecule has 0 unspecified atom stereocenters. The van der Waals surface area contributed by atoms with Gasteiger partial charge in [-0.15, -0.1) is 0 Å². The number of piperazine rings is 1. The molecule has 0 amide bonds. The van der Waals surface area contributed by atoms with Crippen molar-refractivity contribution in [1.29, 1.82) is 0 Å². The minimum absolute atomic E-state index is 0.544. The molecular weight excluding hydrogens is 484 g/mol. The summed E-state index contributed by atoms with van der Waals surface area (Å²) in [4.78, 5) is 23.3. The monoisotopic (exact) mass is 520 g/mol. The topological polar surface area (TPSA) is 99.5 Å². The second-order valence-corrected chi connectivity index (χ2v) is 9.08. The van der Waals surface area contributed by atoms with E-state index in [4.69, 9.17) is 29.3 Å². The van der Waals surface area contributed by atoms with Crippen LogP contribution in [0.25, 0.3) is 0 Å². The first kappa shape index (κ1) is 28.7. The van der Waals surface area contributed by atoms with E-state index in [1.807, 2.05) is 24.3 Å². The summed E-state index contributed by atoms with van der Waals surface area (Å²) in [5.74, 6) is -2.05. The van der Waals surface area contributed by atoms with Crippen LogP contribution in [0.1, 0.15) is 23.1 Å². The maximum absolute atomic E-state index is 9.10. The van der Waals surface area contributed by atoms with Gasteiger partial charge in [-0.25, -0.2) is 9.59 Å². The Hall–Kier alpha value is -3.88. The lowest BCUT2D eigenvalue weighted by molar-refractivity contribution is -0.159. The van der Waals surface area contributed by atoms with Crippen LogP contribution in [0.5, 0.6) is 11.5 Å². The van der Waals surface area contributed by atoms with Crippen LogP contribution in [-0.2, 0) is 29.2 Å². The standard InChI is InChI=1S/C28H34N2O2.C2H2O4/c1-31-27-15-14-26(21-28(27)32-23-25-11-6-3-7-12-25)22-30-19-17-29(18-20-30)16-8-13-24-9-4-2-5-10-24;3-1(4)2(5)6/h2-7,9-12,14-15,21H,8,13,16-20,22-23H2,1H3;(H,3,4)(H,5,6). The third-order valence-corrected chi connectivity index (χ3v) is 6.30. The van der Waals surface area contributed by atoms with E-state index in [0.29, 0.717) is 6.61 Å². The molecule has 2 N–H and O–H groups in total. The lowest BCUT2D eigenvalue weighted by Crippen LogP contribution is -2.46. The van der Waals surface area contributed by atoms with Crippen molar-refractivity contribution in [3.05, 3.63) is 95.6 Å². The summed E-state index contributed by atoms with van der Waals surface area (Å²) >= 11 is 0. The average Bonchev–Trinajstić information content (AvgIpc) is 2.94. The van der Waals surface area contributed by atoms with Crippen molar-refractivity contribution in [3.8, 4) is 11.5 Å². The van der Waals surface area contributed by atoms with E-state index in [1.165, 1.54) is 30.5 Å². The SMILES string of the molecule is COc1ccc(CN2CCN(CCCc3ccccc3)CC2)cc1OCc1ccccc1.O=C(O)C(=O)O.